The molecule has 0 fully saturated rings. The zero-order chi connectivity index (χ0) is 16.7. The third-order valence-corrected chi connectivity index (χ3v) is 3.92. The molecule has 1 atom stereocenters. The molecule has 1 amide bonds. The van der Waals surface area contributed by atoms with Crippen LogP contribution in [0.5, 0.6) is 5.75 Å². The van der Waals surface area contributed by atoms with E-state index in [4.69, 9.17) is 9.47 Å². The quantitative estimate of drug-likeness (QED) is 0.747. The summed E-state index contributed by atoms with van der Waals surface area (Å²) in [6.45, 7) is 3.54. The zero-order valence-electron chi connectivity index (χ0n) is 13.9. The number of rotatable bonds is 8. The van der Waals surface area contributed by atoms with Gasteiger partial charge in [0.15, 0.2) is 13.2 Å². The molecule has 126 valence electrons. The molecule has 1 aromatic carbocycles. The lowest BCUT2D eigenvalue weighted by molar-refractivity contribution is -0.150. The molecule has 1 aliphatic rings. The van der Waals surface area contributed by atoms with Crippen LogP contribution in [0.25, 0.3) is 0 Å². The third-order valence-electron chi connectivity index (χ3n) is 3.92. The highest BCUT2D eigenvalue weighted by molar-refractivity contribution is 5.81. The molecule has 0 aliphatic heterocycles. The van der Waals surface area contributed by atoms with Gasteiger partial charge < -0.3 is 14.8 Å². The Morgan fingerprint density at radius 2 is 2.00 bits per heavy atom. The number of hydrogen-bond donors (Lipinski definition) is 1. The van der Waals surface area contributed by atoms with Crippen molar-refractivity contribution in [3.05, 3.63) is 29.3 Å². The minimum absolute atomic E-state index is 0.0915. The van der Waals surface area contributed by atoms with Crippen LogP contribution in [-0.2, 0) is 27.2 Å². The summed E-state index contributed by atoms with van der Waals surface area (Å²) < 4.78 is 10.4. The number of aryl methyl sites for hydroxylation is 2. The largest absolute Gasteiger partial charge is 0.482 e. The number of nitrogens with one attached hydrogen (secondary N) is 1. The number of carbonyl (C=O) groups excluding carboxylic acids is 2. The summed E-state index contributed by atoms with van der Waals surface area (Å²) in [5, 5.41) is 2.78. The van der Waals surface area contributed by atoms with Crippen LogP contribution in [0, 0.1) is 0 Å². The van der Waals surface area contributed by atoms with E-state index in [9.17, 15) is 9.59 Å². The molecule has 0 radical (unpaired) electrons. The molecule has 0 spiro atoms. The number of esters is 1. The van der Waals surface area contributed by atoms with Crippen molar-refractivity contribution in [2.24, 2.45) is 0 Å². The van der Waals surface area contributed by atoms with Crippen molar-refractivity contribution in [3.8, 4) is 5.75 Å². The van der Waals surface area contributed by atoms with Gasteiger partial charge in [-0.1, -0.05) is 19.4 Å². The highest BCUT2D eigenvalue weighted by atomic mass is 16.6. The molecular formula is C18H25NO4. The van der Waals surface area contributed by atoms with Gasteiger partial charge in [-0.3, -0.25) is 4.79 Å². The molecule has 0 saturated heterocycles. The van der Waals surface area contributed by atoms with Crippen molar-refractivity contribution in [2.75, 3.05) is 13.2 Å². The molecule has 0 saturated carbocycles. The predicted molar refractivity (Wildman–Crippen MR) is 87.4 cm³/mol. The summed E-state index contributed by atoms with van der Waals surface area (Å²) in [4.78, 5) is 23.2. The van der Waals surface area contributed by atoms with Crippen molar-refractivity contribution < 1.29 is 19.1 Å². The van der Waals surface area contributed by atoms with Crippen LogP contribution in [0.1, 0.15) is 44.2 Å². The SMILES string of the molecule is CCC[C@@H](C)NC(=O)COC(=O)COc1ccc2c(c1)CCC2. The fourth-order valence-corrected chi connectivity index (χ4v) is 2.79. The topological polar surface area (TPSA) is 64.6 Å². The summed E-state index contributed by atoms with van der Waals surface area (Å²) in [7, 11) is 0. The molecule has 0 heterocycles. The van der Waals surface area contributed by atoms with E-state index in [2.05, 4.69) is 12.2 Å². The van der Waals surface area contributed by atoms with E-state index in [0.717, 1.165) is 25.7 Å². The Morgan fingerprint density at radius 1 is 1.22 bits per heavy atom. The molecule has 5 heteroatoms. The average Bonchev–Trinajstić information content (AvgIpc) is 2.98. The minimum atomic E-state index is -0.538. The minimum Gasteiger partial charge on any atom is -0.482 e. The van der Waals surface area contributed by atoms with Crippen LogP contribution >= 0.6 is 0 Å². The first kappa shape index (κ1) is 17.3. The molecule has 0 aromatic heterocycles. The van der Waals surface area contributed by atoms with Gasteiger partial charge in [-0.2, -0.15) is 0 Å². The Morgan fingerprint density at radius 3 is 2.78 bits per heavy atom. The molecular weight excluding hydrogens is 294 g/mol. The molecule has 2 rings (SSSR count). The van der Waals surface area contributed by atoms with Gasteiger partial charge in [0.1, 0.15) is 5.75 Å². The van der Waals surface area contributed by atoms with Gasteiger partial charge >= 0.3 is 5.97 Å². The summed E-state index contributed by atoms with van der Waals surface area (Å²) >= 11 is 0. The number of amides is 1. The van der Waals surface area contributed by atoms with Gasteiger partial charge in [-0.15, -0.1) is 0 Å². The van der Waals surface area contributed by atoms with Gasteiger partial charge in [0.25, 0.3) is 5.91 Å². The molecule has 0 bridgehead atoms. The Kier molecular flexibility index (Phi) is 6.44. The van der Waals surface area contributed by atoms with Crippen molar-refractivity contribution in [2.45, 2.75) is 52.0 Å². The maximum atomic E-state index is 11.6. The number of fused-ring (bicyclic) bond motifs is 1. The van der Waals surface area contributed by atoms with Crippen molar-refractivity contribution in [1.82, 2.24) is 5.32 Å². The molecule has 1 aromatic rings. The maximum absolute atomic E-state index is 11.6. The van der Waals surface area contributed by atoms with Gasteiger partial charge in [0.2, 0.25) is 0 Å². The second-order valence-electron chi connectivity index (χ2n) is 5.99. The van der Waals surface area contributed by atoms with E-state index in [1.807, 2.05) is 25.1 Å². The lowest BCUT2D eigenvalue weighted by Gasteiger charge is -2.13. The Bertz CT molecular complexity index is 556. The third kappa shape index (κ3) is 5.58. The second-order valence-corrected chi connectivity index (χ2v) is 5.99. The number of ether oxygens (including phenoxy) is 2. The molecule has 1 N–H and O–H groups in total. The summed E-state index contributed by atoms with van der Waals surface area (Å²) in [6.07, 6.45) is 5.25. The smallest absolute Gasteiger partial charge is 0.344 e. The van der Waals surface area contributed by atoms with E-state index >= 15 is 0 Å². The van der Waals surface area contributed by atoms with E-state index in [1.165, 1.54) is 17.5 Å². The van der Waals surface area contributed by atoms with Crippen LogP contribution < -0.4 is 10.1 Å². The van der Waals surface area contributed by atoms with Gasteiger partial charge in [-0.25, -0.2) is 4.79 Å². The Labute approximate surface area is 137 Å². The van der Waals surface area contributed by atoms with Gasteiger partial charge in [-0.05, 0) is 55.9 Å². The lowest BCUT2D eigenvalue weighted by Crippen LogP contribution is -2.36. The van der Waals surface area contributed by atoms with Crippen LogP contribution in [0.2, 0.25) is 0 Å². The van der Waals surface area contributed by atoms with E-state index in [0.29, 0.717) is 5.75 Å². The number of benzene rings is 1. The second kappa shape index (κ2) is 8.56. The van der Waals surface area contributed by atoms with E-state index < -0.39 is 5.97 Å². The Hall–Kier alpha value is -2.04. The van der Waals surface area contributed by atoms with Crippen molar-refractivity contribution in [1.29, 1.82) is 0 Å². The van der Waals surface area contributed by atoms with Crippen molar-refractivity contribution >= 4 is 11.9 Å². The molecule has 1 aliphatic carbocycles. The summed E-state index contributed by atoms with van der Waals surface area (Å²) in [5.41, 5.74) is 2.65. The first-order chi connectivity index (χ1) is 11.1. The van der Waals surface area contributed by atoms with Crippen LogP contribution in [0.15, 0.2) is 18.2 Å². The highest BCUT2D eigenvalue weighted by Gasteiger charge is 2.13. The zero-order valence-corrected chi connectivity index (χ0v) is 13.9. The summed E-state index contributed by atoms with van der Waals surface area (Å²) in [5.74, 6) is -0.149. The number of carbonyl (C=O) groups is 2. The van der Waals surface area contributed by atoms with Crippen LogP contribution in [0.3, 0.4) is 0 Å². The fourth-order valence-electron chi connectivity index (χ4n) is 2.79. The average molecular weight is 319 g/mol. The van der Waals surface area contributed by atoms with Gasteiger partial charge in [0.05, 0.1) is 0 Å². The maximum Gasteiger partial charge on any atom is 0.344 e. The Balaban J connectivity index is 1.68. The van der Waals surface area contributed by atoms with E-state index in [-0.39, 0.29) is 25.2 Å². The summed E-state index contributed by atoms with van der Waals surface area (Å²) in [6, 6.07) is 5.99. The van der Waals surface area contributed by atoms with E-state index in [1.54, 1.807) is 0 Å². The van der Waals surface area contributed by atoms with Gasteiger partial charge in [0, 0.05) is 6.04 Å². The molecule has 23 heavy (non-hydrogen) atoms. The monoisotopic (exact) mass is 319 g/mol. The van der Waals surface area contributed by atoms with Crippen molar-refractivity contribution in [3.63, 3.8) is 0 Å². The predicted octanol–water partition coefficient (Wildman–Crippen LogP) is 2.40. The number of hydrogen-bond acceptors (Lipinski definition) is 4. The highest BCUT2D eigenvalue weighted by Crippen LogP contribution is 2.25. The van der Waals surface area contributed by atoms with Crippen LogP contribution in [-0.4, -0.2) is 31.1 Å². The lowest BCUT2D eigenvalue weighted by atomic mass is 10.1. The van der Waals surface area contributed by atoms with Crippen LogP contribution in [0.4, 0.5) is 0 Å². The molecule has 0 unspecified atom stereocenters. The molecule has 5 nitrogen and oxygen atoms in total. The first-order valence-corrected chi connectivity index (χ1v) is 8.28. The standard InChI is InChI=1S/C18H25NO4/c1-3-5-13(2)19-17(20)11-23-18(21)12-22-16-9-8-14-6-4-7-15(14)10-16/h8-10,13H,3-7,11-12H2,1-2H3,(H,19,20)/t13-/m1/s1. The first-order valence-electron chi connectivity index (χ1n) is 8.28. The normalized spacial score (nSPS) is 14.0. The fraction of sp³-hybridized carbons (Fsp3) is 0.556.